The summed E-state index contributed by atoms with van der Waals surface area (Å²) in [5.74, 6) is -0.318. The van der Waals surface area contributed by atoms with Crippen LogP contribution < -0.4 is 5.32 Å². The lowest BCUT2D eigenvalue weighted by Crippen LogP contribution is -2.37. The van der Waals surface area contributed by atoms with E-state index < -0.39 is 11.7 Å². The van der Waals surface area contributed by atoms with Crippen molar-refractivity contribution in [3.05, 3.63) is 41.5 Å². The molecular formula is C17H20F3NO2. The molecule has 0 heterocycles. The second-order valence-electron chi connectivity index (χ2n) is 5.92. The van der Waals surface area contributed by atoms with Gasteiger partial charge in [-0.15, -0.1) is 0 Å². The van der Waals surface area contributed by atoms with E-state index in [4.69, 9.17) is 0 Å². The number of halogens is 3. The molecule has 0 aliphatic heterocycles. The molecule has 0 unspecified atom stereocenters. The van der Waals surface area contributed by atoms with Gasteiger partial charge in [-0.3, -0.25) is 4.79 Å². The molecule has 0 atom stereocenters. The monoisotopic (exact) mass is 327 g/mol. The summed E-state index contributed by atoms with van der Waals surface area (Å²) >= 11 is 0. The van der Waals surface area contributed by atoms with Crippen molar-refractivity contribution < 1.29 is 23.1 Å². The second-order valence-corrected chi connectivity index (χ2v) is 5.92. The number of hydrogen-bond donors (Lipinski definition) is 2. The average molecular weight is 327 g/mol. The predicted molar refractivity (Wildman–Crippen MR) is 81.5 cm³/mol. The van der Waals surface area contributed by atoms with Gasteiger partial charge in [0.15, 0.2) is 0 Å². The number of hydrogen-bond acceptors (Lipinski definition) is 2. The van der Waals surface area contributed by atoms with Gasteiger partial charge in [-0.2, -0.15) is 13.2 Å². The zero-order chi connectivity index (χ0) is 17.0. The van der Waals surface area contributed by atoms with Crippen molar-refractivity contribution in [3.63, 3.8) is 0 Å². The molecule has 2 N–H and O–H groups in total. The Bertz CT molecular complexity index is 588. The first kappa shape index (κ1) is 17.5. The molecule has 0 radical (unpaired) electrons. The number of nitrogens with one attached hydrogen (secondary N) is 1. The summed E-state index contributed by atoms with van der Waals surface area (Å²) < 4.78 is 38.1. The highest BCUT2D eigenvalue weighted by atomic mass is 19.4. The number of benzene rings is 1. The SMILES string of the molecule is CC(=CC(=O)NC1CCC(O)CC1)c1cccc(C(F)(F)F)c1. The Kier molecular flexibility index (Phi) is 5.46. The first-order valence-electron chi connectivity index (χ1n) is 7.60. The smallest absolute Gasteiger partial charge is 0.393 e. The second kappa shape index (κ2) is 7.17. The van der Waals surface area contributed by atoms with Gasteiger partial charge < -0.3 is 10.4 Å². The standard InChI is InChI=1S/C17H20F3NO2/c1-11(12-3-2-4-13(10-12)17(18,19)20)9-16(23)21-14-5-7-15(22)8-6-14/h2-4,9-10,14-15,22H,5-8H2,1H3,(H,21,23). The summed E-state index contributed by atoms with van der Waals surface area (Å²) in [6.45, 7) is 1.61. The highest BCUT2D eigenvalue weighted by Gasteiger charge is 2.30. The van der Waals surface area contributed by atoms with Crippen LogP contribution in [0.4, 0.5) is 13.2 Å². The minimum absolute atomic E-state index is 0.0106. The number of amides is 1. The quantitative estimate of drug-likeness (QED) is 0.835. The molecule has 1 amide bonds. The van der Waals surface area contributed by atoms with Crippen LogP contribution in [0.1, 0.15) is 43.7 Å². The van der Waals surface area contributed by atoms with E-state index in [1.54, 1.807) is 13.0 Å². The van der Waals surface area contributed by atoms with E-state index in [0.717, 1.165) is 12.1 Å². The van der Waals surface area contributed by atoms with E-state index >= 15 is 0 Å². The summed E-state index contributed by atoms with van der Waals surface area (Å²) in [6.07, 6.45) is -0.650. The fraction of sp³-hybridized carbons (Fsp3) is 0.471. The Balaban J connectivity index is 2.03. The Hall–Kier alpha value is -1.82. The van der Waals surface area contributed by atoms with Crippen LogP contribution in [0.5, 0.6) is 0 Å². The molecule has 0 aromatic heterocycles. The molecule has 1 aliphatic carbocycles. The molecule has 0 saturated heterocycles. The topological polar surface area (TPSA) is 49.3 Å². The molecule has 1 fully saturated rings. The van der Waals surface area contributed by atoms with Crippen molar-refractivity contribution in [2.45, 2.75) is 50.9 Å². The van der Waals surface area contributed by atoms with Crippen molar-refractivity contribution >= 4 is 11.5 Å². The zero-order valence-electron chi connectivity index (χ0n) is 12.9. The van der Waals surface area contributed by atoms with Gasteiger partial charge in [0.25, 0.3) is 0 Å². The molecular weight excluding hydrogens is 307 g/mol. The summed E-state index contributed by atoms with van der Waals surface area (Å²) in [4.78, 5) is 12.0. The van der Waals surface area contributed by atoms with Crippen LogP contribution in [0, 0.1) is 0 Å². The first-order chi connectivity index (χ1) is 10.8. The molecule has 126 valence electrons. The van der Waals surface area contributed by atoms with Crippen molar-refractivity contribution in [2.75, 3.05) is 0 Å². The average Bonchev–Trinajstić information content (AvgIpc) is 2.49. The molecule has 6 heteroatoms. The number of aliphatic hydroxyl groups is 1. The largest absolute Gasteiger partial charge is 0.416 e. The fourth-order valence-corrected chi connectivity index (χ4v) is 2.68. The fourth-order valence-electron chi connectivity index (χ4n) is 2.68. The van der Waals surface area contributed by atoms with Gasteiger partial charge in [0.1, 0.15) is 0 Å². The summed E-state index contributed by atoms with van der Waals surface area (Å²) in [6, 6.07) is 4.93. The van der Waals surface area contributed by atoms with E-state index in [9.17, 15) is 23.1 Å². The third-order valence-corrected chi connectivity index (χ3v) is 4.04. The number of aliphatic hydroxyl groups excluding tert-OH is 1. The molecule has 2 rings (SSSR count). The van der Waals surface area contributed by atoms with Gasteiger partial charge in [-0.25, -0.2) is 0 Å². The van der Waals surface area contributed by atoms with Crippen molar-refractivity contribution in [3.8, 4) is 0 Å². The molecule has 3 nitrogen and oxygen atoms in total. The molecule has 23 heavy (non-hydrogen) atoms. The maximum atomic E-state index is 12.7. The van der Waals surface area contributed by atoms with E-state index in [-0.39, 0.29) is 18.1 Å². The third-order valence-electron chi connectivity index (χ3n) is 4.04. The molecule has 1 aromatic carbocycles. The van der Waals surface area contributed by atoms with Crippen LogP contribution in [-0.2, 0) is 11.0 Å². The predicted octanol–water partition coefficient (Wildman–Crippen LogP) is 3.53. The lowest BCUT2D eigenvalue weighted by molar-refractivity contribution is -0.137. The lowest BCUT2D eigenvalue weighted by Gasteiger charge is -2.25. The third kappa shape index (κ3) is 5.10. The van der Waals surface area contributed by atoms with Crippen molar-refractivity contribution in [1.82, 2.24) is 5.32 Å². The van der Waals surface area contributed by atoms with Crippen LogP contribution in [-0.4, -0.2) is 23.2 Å². The van der Waals surface area contributed by atoms with Gasteiger partial charge in [-0.05, 0) is 55.9 Å². The van der Waals surface area contributed by atoms with Crippen molar-refractivity contribution in [2.24, 2.45) is 0 Å². The highest BCUT2D eigenvalue weighted by molar-refractivity contribution is 5.95. The number of rotatable bonds is 3. The van der Waals surface area contributed by atoms with Crippen LogP contribution in [0.3, 0.4) is 0 Å². The normalized spacial score (nSPS) is 22.7. The van der Waals surface area contributed by atoms with Gasteiger partial charge in [0.05, 0.1) is 11.7 Å². The van der Waals surface area contributed by atoms with Gasteiger partial charge >= 0.3 is 6.18 Å². The van der Waals surface area contributed by atoms with Gasteiger partial charge in [-0.1, -0.05) is 12.1 Å². The Morgan fingerprint density at radius 3 is 2.52 bits per heavy atom. The Morgan fingerprint density at radius 1 is 1.26 bits per heavy atom. The number of carbonyl (C=O) groups excluding carboxylic acids is 1. The minimum atomic E-state index is -4.40. The summed E-state index contributed by atoms with van der Waals surface area (Å²) in [7, 11) is 0. The minimum Gasteiger partial charge on any atom is -0.393 e. The summed E-state index contributed by atoms with van der Waals surface area (Å²) in [5, 5.41) is 12.3. The first-order valence-corrected chi connectivity index (χ1v) is 7.60. The van der Waals surface area contributed by atoms with E-state index in [1.807, 2.05) is 0 Å². The van der Waals surface area contributed by atoms with Crippen LogP contribution in [0.25, 0.3) is 5.57 Å². The maximum Gasteiger partial charge on any atom is 0.416 e. The molecule has 0 spiro atoms. The number of alkyl halides is 3. The molecule has 0 bridgehead atoms. The number of carbonyl (C=O) groups is 1. The molecule has 1 saturated carbocycles. The van der Waals surface area contributed by atoms with E-state index in [0.29, 0.717) is 36.8 Å². The molecule has 1 aliphatic rings. The lowest BCUT2D eigenvalue weighted by atomic mass is 9.93. The summed E-state index contributed by atoms with van der Waals surface area (Å²) in [5.41, 5.74) is 0.114. The Morgan fingerprint density at radius 2 is 1.91 bits per heavy atom. The van der Waals surface area contributed by atoms with Gasteiger partial charge in [0.2, 0.25) is 5.91 Å². The number of allylic oxidation sites excluding steroid dienone is 1. The van der Waals surface area contributed by atoms with Crippen LogP contribution >= 0.6 is 0 Å². The van der Waals surface area contributed by atoms with E-state index in [2.05, 4.69) is 5.32 Å². The van der Waals surface area contributed by atoms with Crippen molar-refractivity contribution in [1.29, 1.82) is 0 Å². The zero-order valence-corrected chi connectivity index (χ0v) is 12.9. The maximum absolute atomic E-state index is 12.7. The highest BCUT2D eigenvalue weighted by Crippen LogP contribution is 2.30. The Labute approximate surface area is 133 Å². The van der Waals surface area contributed by atoms with Crippen LogP contribution in [0.15, 0.2) is 30.3 Å². The van der Waals surface area contributed by atoms with E-state index in [1.165, 1.54) is 12.1 Å². The molecule has 1 aromatic rings. The van der Waals surface area contributed by atoms with Crippen LogP contribution in [0.2, 0.25) is 0 Å². The van der Waals surface area contributed by atoms with Gasteiger partial charge in [0, 0.05) is 12.1 Å².